The number of piperidine rings is 1. The van der Waals surface area contributed by atoms with Crippen molar-refractivity contribution in [1.29, 1.82) is 0 Å². The first kappa shape index (κ1) is 13.3. The third-order valence-electron chi connectivity index (χ3n) is 4.82. The van der Waals surface area contributed by atoms with Crippen molar-refractivity contribution in [3.63, 3.8) is 0 Å². The Hall–Kier alpha value is -0.120. The first-order valence-corrected chi connectivity index (χ1v) is 7.02. The van der Waals surface area contributed by atoms with Gasteiger partial charge in [-0.25, -0.2) is 0 Å². The van der Waals surface area contributed by atoms with E-state index < -0.39 is 0 Å². The van der Waals surface area contributed by atoms with E-state index in [1.54, 1.807) is 0 Å². The van der Waals surface area contributed by atoms with Crippen LogP contribution in [0, 0.1) is 0 Å². The molecule has 0 aromatic heterocycles. The van der Waals surface area contributed by atoms with Crippen LogP contribution in [0.15, 0.2) is 0 Å². The highest BCUT2D eigenvalue weighted by molar-refractivity contribution is 5.01. The third-order valence-corrected chi connectivity index (χ3v) is 4.82. The summed E-state index contributed by atoms with van der Waals surface area (Å²) in [6.07, 6.45) is 2.63. The normalized spacial score (nSPS) is 31.6. The van der Waals surface area contributed by atoms with E-state index in [9.17, 15) is 0 Å². The zero-order chi connectivity index (χ0) is 12.7. The molecule has 0 radical (unpaired) electrons. The summed E-state index contributed by atoms with van der Waals surface area (Å²) >= 11 is 0. The van der Waals surface area contributed by atoms with Gasteiger partial charge in [-0.1, -0.05) is 0 Å². The fourth-order valence-corrected chi connectivity index (χ4v) is 3.51. The number of rotatable bonds is 1. The average molecular weight is 239 g/mol. The Morgan fingerprint density at radius 1 is 0.941 bits per heavy atom. The van der Waals surface area contributed by atoms with E-state index in [4.69, 9.17) is 0 Å². The van der Waals surface area contributed by atoms with Gasteiger partial charge in [-0.2, -0.15) is 0 Å². The molecule has 2 saturated heterocycles. The van der Waals surface area contributed by atoms with Crippen molar-refractivity contribution >= 4 is 0 Å². The van der Waals surface area contributed by atoms with Crippen LogP contribution in [0.4, 0.5) is 0 Å². The Labute approximate surface area is 107 Å². The van der Waals surface area contributed by atoms with Crippen LogP contribution in [0.25, 0.3) is 0 Å². The predicted molar refractivity (Wildman–Crippen MR) is 73.4 cm³/mol. The highest BCUT2D eigenvalue weighted by Crippen LogP contribution is 2.32. The summed E-state index contributed by atoms with van der Waals surface area (Å²) in [6.45, 7) is 14.3. The van der Waals surface area contributed by atoms with Crippen LogP contribution in [-0.2, 0) is 0 Å². The zero-order valence-corrected chi connectivity index (χ0v) is 12.2. The topological polar surface area (TPSA) is 18.5 Å². The zero-order valence-electron chi connectivity index (χ0n) is 12.2. The van der Waals surface area contributed by atoms with Gasteiger partial charge >= 0.3 is 0 Å². The maximum atomic E-state index is 3.47. The van der Waals surface area contributed by atoms with Crippen LogP contribution in [0.3, 0.4) is 0 Å². The van der Waals surface area contributed by atoms with E-state index in [0.29, 0.717) is 0 Å². The third kappa shape index (κ3) is 2.67. The van der Waals surface area contributed by atoms with Gasteiger partial charge in [-0.3, -0.25) is 9.80 Å². The molecule has 2 rings (SSSR count). The summed E-state index contributed by atoms with van der Waals surface area (Å²) in [4.78, 5) is 5.29. The lowest BCUT2D eigenvalue weighted by atomic mass is 9.86. The predicted octanol–water partition coefficient (Wildman–Crippen LogP) is 1.54. The molecular formula is C14H29N3. The number of nitrogens with one attached hydrogen (secondary N) is 1. The van der Waals surface area contributed by atoms with Gasteiger partial charge in [0.05, 0.1) is 0 Å². The molecule has 17 heavy (non-hydrogen) atoms. The number of likely N-dealkylation sites (N-methyl/N-ethyl adjacent to an activating group) is 1. The number of hydrogen-bond donors (Lipinski definition) is 1. The molecule has 0 aliphatic carbocycles. The Morgan fingerprint density at radius 2 is 1.41 bits per heavy atom. The molecule has 3 nitrogen and oxygen atoms in total. The quantitative estimate of drug-likeness (QED) is 0.749. The molecule has 0 atom stereocenters. The Kier molecular flexibility index (Phi) is 3.54. The van der Waals surface area contributed by atoms with Gasteiger partial charge in [0.15, 0.2) is 0 Å². The molecule has 100 valence electrons. The fourth-order valence-electron chi connectivity index (χ4n) is 3.51. The van der Waals surface area contributed by atoms with Crippen molar-refractivity contribution in [2.45, 2.75) is 57.7 Å². The lowest BCUT2D eigenvalue weighted by Crippen LogP contribution is -2.68. The maximum absolute atomic E-state index is 3.47. The van der Waals surface area contributed by atoms with Gasteiger partial charge in [-0.15, -0.1) is 0 Å². The summed E-state index contributed by atoms with van der Waals surface area (Å²) in [5.41, 5.74) is 0.569. The second-order valence-corrected chi connectivity index (χ2v) is 7.07. The van der Waals surface area contributed by atoms with Gasteiger partial charge < -0.3 is 5.32 Å². The monoisotopic (exact) mass is 239 g/mol. The average Bonchev–Trinajstić information content (AvgIpc) is 2.26. The Bertz CT molecular complexity index is 249. The van der Waals surface area contributed by atoms with Crippen molar-refractivity contribution in [3.05, 3.63) is 0 Å². The highest BCUT2D eigenvalue weighted by Gasteiger charge is 2.43. The Balaban J connectivity index is 2.09. The maximum Gasteiger partial charge on any atom is 0.0283 e. The summed E-state index contributed by atoms with van der Waals surface area (Å²) in [5.74, 6) is 0. The molecule has 3 heteroatoms. The SMILES string of the molecule is CN1C(C)(C)CN(C2CCNCC2)CC1(C)C. The first-order chi connectivity index (χ1) is 7.83. The van der Waals surface area contributed by atoms with Gasteiger partial charge in [0.25, 0.3) is 0 Å². The smallest absolute Gasteiger partial charge is 0.0283 e. The molecule has 0 saturated carbocycles. The van der Waals surface area contributed by atoms with E-state index in [1.807, 2.05) is 0 Å². The molecule has 0 aromatic rings. The molecule has 2 aliphatic heterocycles. The lowest BCUT2D eigenvalue weighted by molar-refractivity contribution is -0.0687. The van der Waals surface area contributed by atoms with Gasteiger partial charge in [0, 0.05) is 30.2 Å². The summed E-state index contributed by atoms with van der Waals surface area (Å²) in [5, 5.41) is 3.47. The summed E-state index contributed by atoms with van der Waals surface area (Å²) in [6, 6.07) is 0.795. The molecule has 2 heterocycles. The van der Waals surface area contributed by atoms with Crippen molar-refractivity contribution in [2.75, 3.05) is 33.2 Å². The van der Waals surface area contributed by atoms with Crippen LogP contribution in [0.1, 0.15) is 40.5 Å². The van der Waals surface area contributed by atoms with E-state index >= 15 is 0 Å². The van der Waals surface area contributed by atoms with Crippen molar-refractivity contribution in [1.82, 2.24) is 15.1 Å². The number of piperazine rings is 1. The lowest BCUT2D eigenvalue weighted by Gasteiger charge is -2.57. The van der Waals surface area contributed by atoms with Crippen LogP contribution < -0.4 is 5.32 Å². The minimum atomic E-state index is 0.284. The van der Waals surface area contributed by atoms with E-state index in [2.05, 4.69) is 49.9 Å². The molecule has 0 aromatic carbocycles. The standard InChI is InChI=1S/C14H29N3/c1-13(2)10-17(11-14(3,4)16(13)5)12-6-8-15-9-7-12/h12,15H,6-11H2,1-5H3. The molecule has 1 N–H and O–H groups in total. The molecule has 0 bridgehead atoms. The Morgan fingerprint density at radius 3 is 1.88 bits per heavy atom. The number of hydrogen-bond acceptors (Lipinski definition) is 3. The second kappa shape index (κ2) is 4.52. The molecule has 0 unspecified atom stereocenters. The molecule has 2 aliphatic rings. The van der Waals surface area contributed by atoms with Crippen LogP contribution >= 0.6 is 0 Å². The van der Waals surface area contributed by atoms with Gasteiger partial charge in [0.1, 0.15) is 0 Å². The molecule has 2 fully saturated rings. The van der Waals surface area contributed by atoms with Crippen LogP contribution in [-0.4, -0.2) is 60.1 Å². The fraction of sp³-hybridized carbons (Fsp3) is 1.00. The molecule has 0 spiro atoms. The largest absolute Gasteiger partial charge is 0.317 e. The summed E-state index contributed by atoms with van der Waals surface area (Å²) in [7, 11) is 2.28. The minimum absolute atomic E-state index is 0.284. The van der Waals surface area contributed by atoms with E-state index in [0.717, 1.165) is 6.04 Å². The van der Waals surface area contributed by atoms with Crippen molar-refractivity contribution < 1.29 is 0 Å². The van der Waals surface area contributed by atoms with Crippen LogP contribution in [0.2, 0.25) is 0 Å². The number of nitrogens with zero attached hydrogens (tertiary/aromatic N) is 2. The van der Waals surface area contributed by atoms with Crippen molar-refractivity contribution in [2.24, 2.45) is 0 Å². The first-order valence-electron chi connectivity index (χ1n) is 7.02. The van der Waals surface area contributed by atoms with E-state index in [1.165, 1.54) is 39.0 Å². The van der Waals surface area contributed by atoms with Gasteiger partial charge in [-0.05, 0) is 60.7 Å². The molecule has 0 amide bonds. The van der Waals surface area contributed by atoms with Crippen LogP contribution in [0.5, 0.6) is 0 Å². The van der Waals surface area contributed by atoms with Crippen molar-refractivity contribution in [3.8, 4) is 0 Å². The van der Waals surface area contributed by atoms with E-state index in [-0.39, 0.29) is 11.1 Å². The minimum Gasteiger partial charge on any atom is -0.317 e. The second-order valence-electron chi connectivity index (χ2n) is 7.07. The highest BCUT2D eigenvalue weighted by atomic mass is 15.4. The van der Waals surface area contributed by atoms with Gasteiger partial charge in [0.2, 0.25) is 0 Å². The summed E-state index contributed by atoms with van der Waals surface area (Å²) < 4.78 is 0. The molecular weight excluding hydrogens is 210 g/mol.